The molecule has 1 saturated heterocycles. The smallest absolute Gasteiger partial charge is 0.205 e. The number of fused-ring (bicyclic) bond motifs is 1. The maximum atomic E-state index is 8.92. The van der Waals surface area contributed by atoms with Crippen molar-refractivity contribution in [2.24, 2.45) is 4.99 Å². The molecule has 20 heavy (non-hydrogen) atoms. The molecule has 4 nitrogen and oxygen atoms in total. The average molecular weight is 335 g/mol. The van der Waals surface area contributed by atoms with Crippen molar-refractivity contribution in [3.05, 3.63) is 28.2 Å². The first kappa shape index (κ1) is 13.6. The van der Waals surface area contributed by atoms with Gasteiger partial charge in [0.05, 0.1) is 18.4 Å². The van der Waals surface area contributed by atoms with Gasteiger partial charge in [-0.05, 0) is 38.0 Å². The molecule has 0 N–H and O–H groups in total. The van der Waals surface area contributed by atoms with Crippen LogP contribution in [0.15, 0.2) is 27.7 Å². The van der Waals surface area contributed by atoms with Crippen LogP contribution in [0.5, 0.6) is 5.75 Å². The van der Waals surface area contributed by atoms with Gasteiger partial charge in [-0.1, -0.05) is 15.9 Å². The zero-order valence-corrected chi connectivity index (χ0v) is 12.8. The summed E-state index contributed by atoms with van der Waals surface area (Å²) in [4.78, 5) is 4.00. The minimum Gasteiger partial charge on any atom is -0.484 e. The largest absolute Gasteiger partial charge is 0.484 e. The van der Waals surface area contributed by atoms with Crippen LogP contribution in [-0.2, 0) is 4.74 Å². The normalized spacial score (nSPS) is 30.6. The Morgan fingerprint density at radius 3 is 3.05 bits per heavy atom. The lowest BCUT2D eigenvalue weighted by molar-refractivity contribution is -0.0974. The highest BCUT2D eigenvalue weighted by atomic mass is 79.9. The van der Waals surface area contributed by atoms with E-state index in [1.807, 2.05) is 24.4 Å². The van der Waals surface area contributed by atoms with E-state index in [2.05, 4.69) is 27.8 Å². The van der Waals surface area contributed by atoms with E-state index in [9.17, 15) is 0 Å². The van der Waals surface area contributed by atoms with Crippen molar-refractivity contribution in [3.63, 3.8) is 0 Å². The number of nitriles is 1. The maximum Gasteiger partial charge on any atom is 0.205 e. The van der Waals surface area contributed by atoms with Gasteiger partial charge in [0, 0.05) is 16.5 Å². The summed E-state index contributed by atoms with van der Waals surface area (Å²) in [6.07, 6.45) is 4.69. The third kappa shape index (κ3) is 2.46. The zero-order chi connectivity index (χ0) is 14.2. The second kappa shape index (κ2) is 5.19. The van der Waals surface area contributed by atoms with Gasteiger partial charge in [0.15, 0.2) is 0 Å². The third-order valence-electron chi connectivity index (χ3n) is 3.89. The topological polar surface area (TPSA) is 54.6 Å². The Morgan fingerprint density at radius 1 is 1.50 bits per heavy atom. The van der Waals surface area contributed by atoms with Crippen LogP contribution in [0.3, 0.4) is 0 Å². The Kier molecular flexibility index (Phi) is 3.53. The van der Waals surface area contributed by atoms with Crippen LogP contribution in [0, 0.1) is 11.5 Å². The standard InChI is InChI=1S/C15H15BrN2O2/c1-10-4-5-15(8-19-10)7-13(18-9-17)12-6-11(16)2-3-14(12)20-15/h2-3,6,10H,4-5,7-8H2,1H3. The summed E-state index contributed by atoms with van der Waals surface area (Å²) in [5.74, 6) is 0.784. The molecule has 0 aliphatic carbocycles. The second-order valence-corrected chi connectivity index (χ2v) is 6.34. The number of aliphatic imine (C=N–C) groups is 1. The van der Waals surface area contributed by atoms with Crippen molar-refractivity contribution >= 4 is 21.6 Å². The van der Waals surface area contributed by atoms with Gasteiger partial charge in [-0.25, -0.2) is 0 Å². The molecular weight excluding hydrogens is 320 g/mol. The number of ether oxygens (including phenoxy) is 2. The van der Waals surface area contributed by atoms with Crippen LogP contribution in [0.1, 0.15) is 31.7 Å². The van der Waals surface area contributed by atoms with E-state index in [1.165, 1.54) is 0 Å². The highest BCUT2D eigenvalue weighted by Gasteiger charge is 2.42. The fourth-order valence-electron chi connectivity index (χ4n) is 2.78. The van der Waals surface area contributed by atoms with Gasteiger partial charge in [0.25, 0.3) is 0 Å². The Balaban J connectivity index is 2.00. The molecule has 3 rings (SSSR count). The van der Waals surface area contributed by atoms with E-state index in [1.54, 1.807) is 0 Å². The van der Waals surface area contributed by atoms with Crippen molar-refractivity contribution in [1.29, 1.82) is 5.26 Å². The van der Waals surface area contributed by atoms with Gasteiger partial charge in [0.2, 0.25) is 6.19 Å². The third-order valence-corrected chi connectivity index (χ3v) is 4.38. The fraction of sp³-hybridized carbons (Fsp3) is 0.467. The molecule has 1 aromatic carbocycles. The van der Waals surface area contributed by atoms with Crippen molar-refractivity contribution in [3.8, 4) is 11.9 Å². The lowest BCUT2D eigenvalue weighted by Crippen LogP contribution is -2.50. The van der Waals surface area contributed by atoms with E-state index in [0.717, 1.165) is 34.3 Å². The van der Waals surface area contributed by atoms with E-state index in [4.69, 9.17) is 14.7 Å². The molecule has 2 aliphatic heterocycles. The Bertz CT molecular complexity index is 598. The van der Waals surface area contributed by atoms with Gasteiger partial charge >= 0.3 is 0 Å². The first-order valence-electron chi connectivity index (χ1n) is 6.68. The van der Waals surface area contributed by atoms with Gasteiger partial charge in [-0.15, -0.1) is 0 Å². The minimum absolute atomic E-state index is 0.270. The molecule has 0 aromatic heterocycles. The monoisotopic (exact) mass is 334 g/mol. The highest BCUT2D eigenvalue weighted by molar-refractivity contribution is 9.10. The summed E-state index contributed by atoms with van der Waals surface area (Å²) in [6.45, 7) is 2.62. The number of benzene rings is 1. The molecule has 1 fully saturated rings. The average Bonchev–Trinajstić information content (AvgIpc) is 2.44. The first-order valence-corrected chi connectivity index (χ1v) is 7.47. The molecule has 1 aromatic rings. The SMILES string of the molecule is CC1CCC2(CO1)CC(=NC#N)c1cc(Br)ccc1O2. The number of hydrogen-bond acceptors (Lipinski definition) is 4. The Hall–Kier alpha value is -1.38. The molecular formula is C15H15BrN2O2. The molecule has 0 radical (unpaired) electrons. The number of halogens is 1. The van der Waals surface area contributed by atoms with Crippen molar-refractivity contribution < 1.29 is 9.47 Å². The molecule has 1 spiro atoms. The fourth-order valence-corrected chi connectivity index (χ4v) is 3.14. The van der Waals surface area contributed by atoms with Crippen LogP contribution in [0.4, 0.5) is 0 Å². The lowest BCUT2D eigenvalue weighted by Gasteiger charge is -2.42. The highest BCUT2D eigenvalue weighted by Crippen LogP contribution is 2.40. The van der Waals surface area contributed by atoms with E-state index in [0.29, 0.717) is 13.0 Å². The first-order chi connectivity index (χ1) is 9.62. The van der Waals surface area contributed by atoms with Gasteiger partial charge in [0.1, 0.15) is 11.4 Å². The summed E-state index contributed by atoms with van der Waals surface area (Å²) >= 11 is 3.45. The molecule has 5 heteroatoms. The van der Waals surface area contributed by atoms with Gasteiger partial charge in [-0.2, -0.15) is 10.3 Å². The van der Waals surface area contributed by atoms with Crippen LogP contribution < -0.4 is 4.74 Å². The molecule has 104 valence electrons. The van der Waals surface area contributed by atoms with Crippen molar-refractivity contribution in [2.75, 3.05) is 6.61 Å². The summed E-state index contributed by atoms with van der Waals surface area (Å²) < 4.78 is 12.9. The van der Waals surface area contributed by atoms with Crippen LogP contribution >= 0.6 is 15.9 Å². The van der Waals surface area contributed by atoms with E-state index in [-0.39, 0.29) is 11.7 Å². The second-order valence-electron chi connectivity index (χ2n) is 5.42. The molecule has 2 atom stereocenters. The van der Waals surface area contributed by atoms with Crippen LogP contribution in [0.25, 0.3) is 0 Å². The Morgan fingerprint density at radius 2 is 2.35 bits per heavy atom. The molecule has 2 heterocycles. The molecule has 2 unspecified atom stereocenters. The molecule has 2 aliphatic rings. The maximum absolute atomic E-state index is 8.92. The summed E-state index contributed by atoms with van der Waals surface area (Å²) in [5, 5.41) is 8.92. The van der Waals surface area contributed by atoms with Crippen LogP contribution in [-0.4, -0.2) is 24.0 Å². The van der Waals surface area contributed by atoms with E-state index < -0.39 is 0 Å². The Labute approximate surface area is 126 Å². The predicted molar refractivity (Wildman–Crippen MR) is 78.9 cm³/mol. The van der Waals surface area contributed by atoms with Gasteiger partial charge in [-0.3, -0.25) is 0 Å². The van der Waals surface area contributed by atoms with Crippen molar-refractivity contribution in [1.82, 2.24) is 0 Å². The van der Waals surface area contributed by atoms with Crippen molar-refractivity contribution in [2.45, 2.75) is 37.9 Å². The predicted octanol–water partition coefficient (Wildman–Crippen LogP) is 3.44. The quantitative estimate of drug-likeness (QED) is 0.683. The van der Waals surface area contributed by atoms with Crippen LogP contribution in [0.2, 0.25) is 0 Å². The lowest BCUT2D eigenvalue weighted by atomic mass is 9.84. The molecule has 0 bridgehead atoms. The minimum atomic E-state index is -0.372. The number of rotatable bonds is 0. The molecule has 0 saturated carbocycles. The van der Waals surface area contributed by atoms with Gasteiger partial charge < -0.3 is 9.47 Å². The summed E-state index contributed by atoms with van der Waals surface area (Å²) in [6, 6.07) is 5.81. The summed E-state index contributed by atoms with van der Waals surface area (Å²) in [7, 11) is 0. The zero-order valence-electron chi connectivity index (χ0n) is 11.2. The number of hydrogen-bond donors (Lipinski definition) is 0. The van der Waals surface area contributed by atoms with E-state index >= 15 is 0 Å². The molecule has 0 amide bonds. The number of nitrogens with zero attached hydrogens (tertiary/aromatic N) is 2. The summed E-state index contributed by atoms with van der Waals surface area (Å²) in [5.41, 5.74) is 1.31.